The van der Waals surface area contributed by atoms with Crippen LogP contribution in [0.5, 0.6) is 5.75 Å². The molecule has 0 spiro atoms. The Hall–Kier alpha value is -2.04. The van der Waals surface area contributed by atoms with Crippen molar-refractivity contribution < 1.29 is 14.7 Å². The Kier molecular flexibility index (Phi) is 2.76. The van der Waals surface area contributed by atoms with E-state index in [4.69, 9.17) is 0 Å². The molecule has 1 aliphatic heterocycles. The van der Waals surface area contributed by atoms with E-state index in [1.807, 2.05) is 0 Å². The topological polar surface area (TPSA) is 78.4 Å². The average Bonchev–Trinajstić information content (AvgIpc) is 2.24. The minimum Gasteiger partial charge on any atom is -0.508 e. The second kappa shape index (κ2) is 4.22. The van der Waals surface area contributed by atoms with E-state index in [9.17, 15) is 14.7 Å². The number of rotatable bonds is 2. The molecule has 1 fully saturated rings. The van der Waals surface area contributed by atoms with Gasteiger partial charge in [-0.15, -0.1) is 0 Å². The van der Waals surface area contributed by atoms with Crippen LogP contribution in [0.25, 0.3) is 0 Å². The smallest absolute Gasteiger partial charge is 0.243 e. The van der Waals surface area contributed by atoms with Gasteiger partial charge in [0.2, 0.25) is 11.8 Å². The molecule has 0 unspecified atom stereocenters. The van der Waals surface area contributed by atoms with E-state index in [0.29, 0.717) is 6.42 Å². The Labute approximate surface area is 92.5 Å². The monoisotopic (exact) mass is 220 g/mol. The van der Waals surface area contributed by atoms with Crippen LogP contribution in [-0.2, 0) is 16.0 Å². The molecule has 16 heavy (non-hydrogen) atoms. The molecule has 84 valence electrons. The summed E-state index contributed by atoms with van der Waals surface area (Å²) in [5.41, 5.74) is 0.808. The number of phenolic OH excluding ortho intramolecular Hbond substituents is 1. The molecule has 0 radical (unpaired) electrons. The predicted molar refractivity (Wildman–Crippen MR) is 56.8 cm³/mol. The summed E-state index contributed by atoms with van der Waals surface area (Å²) in [7, 11) is 0. The van der Waals surface area contributed by atoms with Gasteiger partial charge in [-0.25, -0.2) is 0 Å². The van der Waals surface area contributed by atoms with Crippen molar-refractivity contribution in [1.82, 2.24) is 10.6 Å². The van der Waals surface area contributed by atoms with E-state index in [2.05, 4.69) is 10.6 Å². The summed E-state index contributed by atoms with van der Waals surface area (Å²) in [6.45, 7) is 0.0371. The summed E-state index contributed by atoms with van der Waals surface area (Å²) in [6, 6.07) is 6.08. The number of aromatic hydroxyl groups is 1. The number of nitrogens with one attached hydrogen (secondary N) is 2. The van der Waals surface area contributed by atoms with E-state index in [-0.39, 0.29) is 24.1 Å². The quantitative estimate of drug-likeness (QED) is 0.631. The number of piperazine rings is 1. The summed E-state index contributed by atoms with van der Waals surface area (Å²) in [4.78, 5) is 22.5. The van der Waals surface area contributed by atoms with E-state index in [1.165, 1.54) is 0 Å². The van der Waals surface area contributed by atoms with Gasteiger partial charge in [0, 0.05) is 6.42 Å². The fourth-order valence-corrected chi connectivity index (χ4v) is 1.66. The summed E-state index contributed by atoms with van der Waals surface area (Å²) < 4.78 is 0. The number of carbonyl (C=O) groups is 2. The van der Waals surface area contributed by atoms with Crippen molar-refractivity contribution in [3.63, 3.8) is 0 Å². The lowest BCUT2D eigenvalue weighted by Crippen LogP contribution is -2.56. The van der Waals surface area contributed by atoms with Crippen molar-refractivity contribution in [3.05, 3.63) is 29.8 Å². The molecule has 5 heteroatoms. The molecule has 2 rings (SSSR count). The molecule has 2 amide bonds. The summed E-state index contributed by atoms with van der Waals surface area (Å²) in [6.07, 6.45) is 0.381. The third-order valence-electron chi connectivity index (χ3n) is 2.43. The standard InChI is InChI=1S/C11H12N2O3/c14-8-3-1-2-7(4-8)5-9-11(16)12-6-10(15)13-9/h1-4,9,14H,5-6H2,(H,12,16)(H,13,15)/t9-/m1/s1. The number of hydrogen-bond donors (Lipinski definition) is 3. The number of amides is 2. The highest BCUT2D eigenvalue weighted by Crippen LogP contribution is 2.13. The summed E-state index contributed by atoms with van der Waals surface area (Å²) in [5, 5.41) is 14.4. The van der Waals surface area contributed by atoms with E-state index in [0.717, 1.165) is 5.56 Å². The zero-order chi connectivity index (χ0) is 11.5. The van der Waals surface area contributed by atoms with Gasteiger partial charge in [-0.1, -0.05) is 12.1 Å². The second-order valence-electron chi connectivity index (χ2n) is 3.71. The van der Waals surface area contributed by atoms with Crippen molar-refractivity contribution in [2.24, 2.45) is 0 Å². The molecular weight excluding hydrogens is 208 g/mol. The highest BCUT2D eigenvalue weighted by atomic mass is 16.3. The van der Waals surface area contributed by atoms with Gasteiger partial charge in [0.1, 0.15) is 11.8 Å². The molecule has 0 saturated carbocycles. The zero-order valence-electron chi connectivity index (χ0n) is 8.56. The van der Waals surface area contributed by atoms with Crippen LogP contribution in [0.4, 0.5) is 0 Å². The van der Waals surface area contributed by atoms with Crippen molar-refractivity contribution in [3.8, 4) is 5.75 Å². The van der Waals surface area contributed by atoms with Crippen molar-refractivity contribution in [2.45, 2.75) is 12.5 Å². The van der Waals surface area contributed by atoms with Crippen molar-refractivity contribution >= 4 is 11.8 Å². The maximum absolute atomic E-state index is 11.4. The van der Waals surface area contributed by atoms with E-state index < -0.39 is 6.04 Å². The maximum atomic E-state index is 11.4. The van der Waals surface area contributed by atoms with Gasteiger partial charge in [-0.2, -0.15) is 0 Å². The molecule has 1 heterocycles. The second-order valence-corrected chi connectivity index (χ2v) is 3.71. The Morgan fingerprint density at radius 1 is 1.38 bits per heavy atom. The van der Waals surface area contributed by atoms with Gasteiger partial charge in [-0.3, -0.25) is 9.59 Å². The molecule has 1 atom stereocenters. The largest absolute Gasteiger partial charge is 0.508 e. The minimum absolute atomic E-state index is 0.0371. The lowest BCUT2D eigenvalue weighted by molar-refractivity contribution is -0.133. The van der Waals surface area contributed by atoms with Crippen LogP contribution in [0, 0.1) is 0 Å². The molecule has 3 N–H and O–H groups in total. The maximum Gasteiger partial charge on any atom is 0.243 e. The number of benzene rings is 1. The number of hydrogen-bond acceptors (Lipinski definition) is 3. The summed E-state index contributed by atoms with van der Waals surface area (Å²) in [5.74, 6) is -0.229. The van der Waals surface area contributed by atoms with Crippen LogP contribution in [0.3, 0.4) is 0 Å². The highest BCUT2D eigenvalue weighted by Gasteiger charge is 2.25. The van der Waals surface area contributed by atoms with Crippen LogP contribution < -0.4 is 10.6 Å². The molecule has 0 bridgehead atoms. The number of phenols is 1. The van der Waals surface area contributed by atoms with Gasteiger partial charge in [0.25, 0.3) is 0 Å². The Balaban J connectivity index is 2.08. The SMILES string of the molecule is O=C1CNC(=O)[C@@H](Cc2cccc(O)c2)N1. The lowest BCUT2D eigenvalue weighted by Gasteiger charge is -2.23. The first-order valence-corrected chi connectivity index (χ1v) is 5.00. The van der Waals surface area contributed by atoms with Gasteiger partial charge in [0.15, 0.2) is 0 Å². The molecule has 1 aliphatic rings. The van der Waals surface area contributed by atoms with Gasteiger partial charge >= 0.3 is 0 Å². The van der Waals surface area contributed by atoms with Gasteiger partial charge in [-0.05, 0) is 17.7 Å². The Bertz CT molecular complexity index is 431. The van der Waals surface area contributed by atoms with E-state index >= 15 is 0 Å². The molecular formula is C11H12N2O3. The fraction of sp³-hybridized carbons (Fsp3) is 0.273. The van der Waals surface area contributed by atoms with Crippen molar-refractivity contribution in [2.75, 3.05) is 6.54 Å². The van der Waals surface area contributed by atoms with Crippen LogP contribution in [0.15, 0.2) is 24.3 Å². The van der Waals surface area contributed by atoms with Crippen molar-refractivity contribution in [1.29, 1.82) is 0 Å². The molecule has 1 aromatic carbocycles. The fourth-order valence-electron chi connectivity index (χ4n) is 1.66. The summed E-state index contributed by atoms with van der Waals surface area (Å²) >= 11 is 0. The lowest BCUT2D eigenvalue weighted by atomic mass is 10.0. The normalized spacial score (nSPS) is 20.1. The number of carbonyl (C=O) groups excluding carboxylic acids is 2. The van der Waals surface area contributed by atoms with Gasteiger partial charge in [0.05, 0.1) is 6.54 Å². The van der Waals surface area contributed by atoms with Crippen LogP contribution in [0.2, 0.25) is 0 Å². The first-order chi connectivity index (χ1) is 7.65. The first kappa shape index (κ1) is 10.5. The molecule has 0 aromatic heterocycles. The predicted octanol–water partition coefficient (Wildman–Crippen LogP) is -0.451. The average molecular weight is 220 g/mol. The van der Waals surface area contributed by atoms with Gasteiger partial charge < -0.3 is 15.7 Å². The molecule has 1 saturated heterocycles. The first-order valence-electron chi connectivity index (χ1n) is 5.00. The zero-order valence-corrected chi connectivity index (χ0v) is 8.56. The molecule has 1 aromatic rings. The third kappa shape index (κ3) is 2.31. The highest BCUT2D eigenvalue weighted by molar-refractivity contribution is 5.94. The van der Waals surface area contributed by atoms with Crippen LogP contribution in [0.1, 0.15) is 5.56 Å². The molecule has 0 aliphatic carbocycles. The third-order valence-corrected chi connectivity index (χ3v) is 2.43. The van der Waals surface area contributed by atoms with E-state index in [1.54, 1.807) is 24.3 Å². The Morgan fingerprint density at radius 2 is 2.19 bits per heavy atom. The Morgan fingerprint density at radius 3 is 2.94 bits per heavy atom. The van der Waals surface area contributed by atoms with Crippen LogP contribution >= 0.6 is 0 Å². The van der Waals surface area contributed by atoms with Crippen LogP contribution in [-0.4, -0.2) is 29.5 Å². The molecule has 5 nitrogen and oxygen atoms in total. The minimum atomic E-state index is -0.553.